The highest BCUT2D eigenvalue weighted by Crippen LogP contribution is 2.48. The molecule has 0 radical (unpaired) electrons. The van der Waals surface area contributed by atoms with E-state index < -0.39 is 18.3 Å². The zero-order chi connectivity index (χ0) is 17.4. The minimum atomic E-state index is -4.97. The van der Waals surface area contributed by atoms with Crippen LogP contribution < -0.4 is 5.01 Å². The molecule has 0 unspecified atom stereocenters. The van der Waals surface area contributed by atoms with Crippen LogP contribution in [0.15, 0.2) is 17.2 Å². The maximum absolute atomic E-state index is 13.4. The Kier molecular flexibility index (Phi) is 5.37. The van der Waals surface area contributed by atoms with Crippen LogP contribution in [-0.4, -0.2) is 36.4 Å². The first kappa shape index (κ1) is 18.6. The first-order valence-electron chi connectivity index (χ1n) is 6.39. The van der Waals surface area contributed by atoms with Gasteiger partial charge in [0.15, 0.2) is 0 Å². The van der Waals surface area contributed by atoms with Crippen LogP contribution in [0.2, 0.25) is 15.1 Å². The van der Waals surface area contributed by atoms with Gasteiger partial charge in [0.25, 0.3) is 5.72 Å². The molecular weight excluding hydrogens is 380 g/mol. The second-order valence-electron chi connectivity index (χ2n) is 4.93. The molecule has 1 aromatic carbocycles. The third kappa shape index (κ3) is 3.53. The molecule has 4 nitrogen and oxygen atoms in total. The van der Waals surface area contributed by atoms with E-state index in [-0.39, 0.29) is 39.5 Å². The second-order valence-corrected chi connectivity index (χ2v) is 6.18. The molecule has 0 saturated heterocycles. The topological polar surface area (TPSA) is 45.1 Å². The number of hydrogen-bond donors (Lipinski definition) is 1. The summed E-state index contributed by atoms with van der Waals surface area (Å²) >= 11 is 17.7. The molecule has 0 spiro atoms. The number of hydrogen-bond acceptors (Lipinski definition) is 4. The molecule has 1 heterocycles. The van der Waals surface area contributed by atoms with Crippen LogP contribution in [0.4, 0.5) is 18.9 Å². The molecule has 23 heavy (non-hydrogen) atoms. The number of halogens is 6. The molecule has 2 rings (SSSR count). The fourth-order valence-corrected chi connectivity index (χ4v) is 3.15. The van der Waals surface area contributed by atoms with Crippen molar-refractivity contribution in [3.05, 3.63) is 27.2 Å². The lowest BCUT2D eigenvalue weighted by Crippen LogP contribution is -2.55. The number of methoxy groups -OCH3 is 1. The maximum atomic E-state index is 13.4. The summed E-state index contributed by atoms with van der Waals surface area (Å²) in [6.45, 7) is 0.169. The standard InChI is InChI=1S/C13H12Cl3F3N2O2/c1-23-3-2-8-6-12(22,13(17,18)19)21(20-8)11-9(15)4-7(14)5-10(11)16/h4-5,22H,2-3,6H2,1H3/t12-/m1/s1. The number of nitrogens with zero attached hydrogens (tertiary/aromatic N) is 2. The van der Waals surface area contributed by atoms with Crippen molar-refractivity contribution >= 4 is 46.2 Å². The predicted octanol–water partition coefficient (Wildman–Crippen LogP) is 4.50. The molecule has 0 aromatic heterocycles. The highest BCUT2D eigenvalue weighted by molar-refractivity contribution is 6.41. The van der Waals surface area contributed by atoms with Gasteiger partial charge in [0, 0.05) is 30.7 Å². The third-order valence-corrected chi connectivity index (χ3v) is 4.08. The van der Waals surface area contributed by atoms with Gasteiger partial charge in [0.05, 0.1) is 16.7 Å². The largest absolute Gasteiger partial charge is 0.438 e. The molecule has 0 amide bonds. The van der Waals surface area contributed by atoms with Crippen LogP contribution in [0.5, 0.6) is 0 Å². The number of ether oxygens (including phenoxy) is 1. The summed E-state index contributed by atoms with van der Waals surface area (Å²) in [5, 5.41) is 14.3. The summed E-state index contributed by atoms with van der Waals surface area (Å²) in [4.78, 5) is 0. The molecule has 0 fully saturated rings. The molecule has 1 aromatic rings. The van der Waals surface area contributed by atoms with Crippen molar-refractivity contribution in [3.8, 4) is 0 Å². The first-order valence-corrected chi connectivity index (χ1v) is 7.52. The molecule has 1 aliphatic rings. The van der Waals surface area contributed by atoms with Crippen molar-refractivity contribution in [1.82, 2.24) is 0 Å². The monoisotopic (exact) mass is 390 g/mol. The summed E-state index contributed by atoms with van der Waals surface area (Å²) in [7, 11) is 1.41. The highest BCUT2D eigenvalue weighted by Gasteiger charge is 2.62. The van der Waals surface area contributed by atoms with E-state index in [2.05, 4.69) is 5.10 Å². The Labute approximate surface area is 145 Å². The minimum absolute atomic E-state index is 0.119. The van der Waals surface area contributed by atoms with Crippen LogP contribution in [0.3, 0.4) is 0 Å². The highest BCUT2D eigenvalue weighted by atomic mass is 35.5. The van der Waals surface area contributed by atoms with Gasteiger partial charge in [-0.15, -0.1) is 0 Å². The van der Waals surface area contributed by atoms with Gasteiger partial charge < -0.3 is 9.84 Å². The van der Waals surface area contributed by atoms with E-state index in [1.54, 1.807) is 0 Å². The Balaban J connectivity index is 2.53. The lowest BCUT2D eigenvalue weighted by Gasteiger charge is -2.34. The van der Waals surface area contributed by atoms with Crippen LogP contribution in [-0.2, 0) is 4.74 Å². The Hall–Kier alpha value is -0.730. The minimum Gasteiger partial charge on any atom is -0.384 e. The van der Waals surface area contributed by atoms with E-state index in [9.17, 15) is 18.3 Å². The van der Waals surface area contributed by atoms with Gasteiger partial charge in [0.2, 0.25) is 0 Å². The van der Waals surface area contributed by atoms with E-state index >= 15 is 0 Å². The van der Waals surface area contributed by atoms with Crippen LogP contribution >= 0.6 is 34.8 Å². The summed E-state index contributed by atoms with van der Waals surface area (Å²) in [5.74, 6) is 0. The van der Waals surface area contributed by atoms with Gasteiger partial charge in [-0.25, -0.2) is 5.01 Å². The van der Waals surface area contributed by atoms with E-state index in [0.29, 0.717) is 5.01 Å². The van der Waals surface area contributed by atoms with Gasteiger partial charge in [-0.3, -0.25) is 0 Å². The number of benzene rings is 1. The number of rotatable bonds is 4. The van der Waals surface area contributed by atoms with E-state index in [4.69, 9.17) is 39.5 Å². The van der Waals surface area contributed by atoms with E-state index in [1.807, 2.05) is 0 Å². The second kappa shape index (κ2) is 6.64. The van der Waals surface area contributed by atoms with Crippen molar-refractivity contribution in [2.45, 2.75) is 24.7 Å². The average Bonchev–Trinajstić information content (AvgIpc) is 2.73. The van der Waals surface area contributed by atoms with Gasteiger partial charge in [-0.2, -0.15) is 18.3 Å². The maximum Gasteiger partial charge on any atom is 0.438 e. The Morgan fingerprint density at radius 1 is 1.30 bits per heavy atom. The predicted molar refractivity (Wildman–Crippen MR) is 83.5 cm³/mol. The molecule has 1 atom stereocenters. The molecular formula is C13H12Cl3F3N2O2. The fourth-order valence-electron chi connectivity index (χ4n) is 2.17. The molecule has 0 bridgehead atoms. The molecule has 10 heteroatoms. The summed E-state index contributed by atoms with van der Waals surface area (Å²) in [6, 6.07) is 2.45. The van der Waals surface area contributed by atoms with Crippen molar-refractivity contribution in [2.75, 3.05) is 18.7 Å². The number of anilines is 1. The van der Waals surface area contributed by atoms with Gasteiger partial charge in [-0.05, 0) is 12.1 Å². The van der Waals surface area contributed by atoms with E-state index in [1.165, 1.54) is 19.2 Å². The Morgan fingerprint density at radius 2 is 1.87 bits per heavy atom. The number of aliphatic hydroxyl groups is 1. The lowest BCUT2D eigenvalue weighted by atomic mass is 10.0. The molecule has 1 N–H and O–H groups in total. The zero-order valence-corrected chi connectivity index (χ0v) is 14.1. The van der Waals surface area contributed by atoms with Crippen LogP contribution in [0.1, 0.15) is 12.8 Å². The quantitative estimate of drug-likeness (QED) is 0.822. The first-order chi connectivity index (χ1) is 10.6. The fraction of sp³-hybridized carbons (Fsp3) is 0.462. The lowest BCUT2D eigenvalue weighted by molar-refractivity contribution is -0.254. The van der Waals surface area contributed by atoms with Crippen LogP contribution in [0, 0.1) is 0 Å². The van der Waals surface area contributed by atoms with Crippen molar-refractivity contribution in [2.24, 2.45) is 5.10 Å². The third-order valence-electron chi connectivity index (χ3n) is 3.28. The van der Waals surface area contributed by atoms with Crippen molar-refractivity contribution in [3.63, 3.8) is 0 Å². The molecule has 0 saturated carbocycles. The molecule has 128 valence electrons. The summed E-state index contributed by atoms with van der Waals surface area (Å²) in [6.07, 6.45) is -5.57. The van der Waals surface area contributed by atoms with Gasteiger partial charge >= 0.3 is 6.18 Å². The number of alkyl halides is 3. The molecule has 0 aliphatic carbocycles. The van der Waals surface area contributed by atoms with Gasteiger partial charge in [0.1, 0.15) is 5.69 Å². The number of hydrazone groups is 1. The smallest absolute Gasteiger partial charge is 0.384 e. The van der Waals surface area contributed by atoms with E-state index in [0.717, 1.165) is 0 Å². The Bertz CT molecular complexity index is 616. The van der Waals surface area contributed by atoms with Gasteiger partial charge in [-0.1, -0.05) is 34.8 Å². The Morgan fingerprint density at radius 3 is 2.35 bits per heavy atom. The average molecular weight is 392 g/mol. The molecule has 1 aliphatic heterocycles. The normalized spacial score (nSPS) is 21.7. The summed E-state index contributed by atoms with van der Waals surface area (Å²) in [5.41, 5.74) is -3.38. The zero-order valence-electron chi connectivity index (χ0n) is 11.8. The van der Waals surface area contributed by atoms with Crippen molar-refractivity contribution in [1.29, 1.82) is 0 Å². The van der Waals surface area contributed by atoms with Crippen molar-refractivity contribution < 1.29 is 23.0 Å². The summed E-state index contributed by atoms with van der Waals surface area (Å²) < 4.78 is 45.1. The van der Waals surface area contributed by atoms with Crippen LogP contribution in [0.25, 0.3) is 0 Å². The SMILES string of the molecule is COCCC1=NN(c2c(Cl)cc(Cl)cc2Cl)[C@](O)(C(F)(F)F)C1.